The molecule has 0 bridgehead atoms. The Labute approximate surface area is 129 Å². The number of anilines is 1. The Hall–Kier alpha value is -2.62. The van der Waals surface area contributed by atoms with Crippen LogP contribution in [-0.4, -0.2) is 6.61 Å². The van der Waals surface area contributed by atoms with Crippen molar-refractivity contribution in [3.8, 4) is 24.2 Å². The van der Waals surface area contributed by atoms with Crippen LogP contribution in [0.4, 0.5) is 5.69 Å². The van der Waals surface area contributed by atoms with Gasteiger partial charge in [-0.1, -0.05) is 35.7 Å². The van der Waals surface area contributed by atoms with Crippen molar-refractivity contribution in [1.82, 2.24) is 0 Å². The highest BCUT2D eigenvalue weighted by molar-refractivity contribution is 6.30. The summed E-state index contributed by atoms with van der Waals surface area (Å²) in [6.07, 6.45) is 5.20. The first kappa shape index (κ1) is 14.8. The molecule has 2 aromatic rings. The SMILES string of the molecule is C#CCOc1ccccc1CNc1cc(Cl)ccc1C#N. The Morgan fingerprint density at radius 1 is 1.24 bits per heavy atom. The Morgan fingerprint density at radius 3 is 2.81 bits per heavy atom. The number of hydrogen-bond donors (Lipinski definition) is 1. The largest absolute Gasteiger partial charge is 0.481 e. The van der Waals surface area contributed by atoms with Crippen molar-refractivity contribution in [1.29, 1.82) is 5.26 Å². The van der Waals surface area contributed by atoms with Crippen LogP contribution in [0.25, 0.3) is 0 Å². The lowest BCUT2D eigenvalue weighted by Gasteiger charge is -2.12. The standard InChI is InChI=1S/C17H13ClN2O/c1-2-9-21-17-6-4-3-5-14(17)12-20-16-10-15(18)8-7-13(16)11-19/h1,3-8,10,20H,9,12H2. The Balaban J connectivity index is 2.16. The van der Waals surface area contributed by atoms with Crippen molar-refractivity contribution in [2.45, 2.75) is 6.54 Å². The van der Waals surface area contributed by atoms with E-state index in [0.29, 0.717) is 22.8 Å². The average molecular weight is 297 g/mol. The Morgan fingerprint density at radius 2 is 2.05 bits per heavy atom. The molecule has 0 saturated carbocycles. The van der Waals surface area contributed by atoms with Crippen molar-refractivity contribution in [3.63, 3.8) is 0 Å². The summed E-state index contributed by atoms with van der Waals surface area (Å²) in [5, 5.41) is 12.9. The molecule has 0 aliphatic carbocycles. The average Bonchev–Trinajstić information content (AvgIpc) is 2.52. The lowest BCUT2D eigenvalue weighted by molar-refractivity contribution is 0.366. The molecule has 0 fully saturated rings. The predicted molar refractivity (Wildman–Crippen MR) is 84.3 cm³/mol. The van der Waals surface area contributed by atoms with Gasteiger partial charge in [-0.2, -0.15) is 5.26 Å². The van der Waals surface area contributed by atoms with Gasteiger partial charge in [-0.3, -0.25) is 0 Å². The van der Waals surface area contributed by atoms with Crippen LogP contribution in [0.15, 0.2) is 42.5 Å². The molecule has 0 atom stereocenters. The van der Waals surface area contributed by atoms with Gasteiger partial charge in [-0.15, -0.1) is 6.42 Å². The highest BCUT2D eigenvalue weighted by Gasteiger charge is 2.06. The molecule has 0 amide bonds. The first-order valence-electron chi connectivity index (χ1n) is 6.32. The van der Waals surface area contributed by atoms with Crippen LogP contribution in [0.2, 0.25) is 5.02 Å². The zero-order chi connectivity index (χ0) is 15.1. The summed E-state index contributed by atoms with van der Waals surface area (Å²) in [5.41, 5.74) is 2.19. The van der Waals surface area contributed by atoms with Gasteiger partial charge in [0.25, 0.3) is 0 Å². The van der Waals surface area contributed by atoms with Crippen molar-refractivity contribution >= 4 is 17.3 Å². The van der Waals surface area contributed by atoms with Gasteiger partial charge in [0.1, 0.15) is 18.4 Å². The van der Waals surface area contributed by atoms with Crippen LogP contribution < -0.4 is 10.1 Å². The second-order valence-electron chi connectivity index (χ2n) is 4.26. The van der Waals surface area contributed by atoms with E-state index in [9.17, 15) is 0 Å². The minimum Gasteiger partial charge on any atom is -0.481 e. The number of benzene rings is 2. The van der Waals surface area contributed by atoms with Gasteiger partial charge in [-0.05, 0) is 24.3 Å². The molecule has 104 valence electrons. The van der Waals surface area contributed by atoms with E-state index in [1.807, 2.05) is 24.3 Å². The van der Waals surface area contributed by atoms with Crippen LogP contribution in [0.5, 0.6) is 5.75 Å². The molecule has 0 radical (unpaired) electrons. The third-order valence-electron chi connectivity index (χ3n) is 2.85. The fraction of sp³-hybridized carbons (Fsp3) is 0.118. The molecular weight excluding hydrogens is 284 g/mol. The fourth-order valence-corrected chi connectivity index (χ4v) is 2.03. The minimum atomic E-state index is 0.220. The van der Waals surface area contributed by atoms with Gasteiger partial charge in [0.05, 0.1) is 11.3 Å². The lowest BCUT2D eigenvalue weighted by Crippen LogP contribution is -2.04. The number of rotatable bonds is 5. The molecule has 0 saturated heterocycles. The topological polar surface area (TPSA) is 45.0 Å². The zero-order valence-electron chi connectivity index (χ0n) is 11.3. The summed E-state index contributed by atoms with van der Waals surface area (Å²) in [5.74, 6) is 3.17. The quantitative estimate of drug-likeness (QED) is 0.853. The minimum absolute atomic E-state index is 0.220. The molecule has 0 unspecified atom stereocenters. The first-order chi connectivity index (χ1) is 10.2. The maximum atomic E-state index is 9.10. The molecule has 2 rings (SSSR count). The highest BCUT2D eigenvalue weighted by atomic mass is 35.5. The van der Waals surface area contributed by atoms with Crippen molar-refractivity contribution < 1.29 is 4.74 Å². The third kappa shape index (κ3) is 3.92. The van der Waals surface area contributed by atoms with Gasteiger partial charge in [0.2, 0.25) is 0 Å². The summed E-state index contributed by atoms with van der Waals surface area (Å²) in [7, 11) is 0. The number of nitrogens with one attached hydrogen (secondary N) is 1. The van der Waals surface area contributed by atoms with E-state index in [1.165, 1.54) is 0 Å². The number of terminal acetylenes is 1. The lowest BCUT2D eigenvalue weighted by atomic mass is 10.1. The number of hydrogen-bond acceptors (Lipinski definition) is 3. The van der Waals surface area contributed by atoms with E-state index < -0.39 is 0 Å². The van der Waals surface area contributed by atoms with E-state index in [-0.39, 0.29) is 6.61 Å². The number of halogens is 1. The van der Waals surface area contributed by atoms with Crippen molar-refractivity contribution in [3.05, 3.63) is 58.6 Å². The molecule has 0 aliphatic rings. The van der Waals surface area contributed by atoms with E-state index in [1.54, 1.807) is 18.2 Å². The Bertz CT molecular complexity index is 713. The normalized spacial score (nSPS) is 9.48. The Kier molecular flexibility index (Phi) is 5.10. The van der Waals surface area contributed by atoms with Crippen LogP contribution in [-0.2, 0) is 6.54 Å². The number of nitriles is 1. The fourth-order valence-electron chi connectivity index (χ4n) is 1.86. The molecule has 0 heterocycles. The van der Waals surface area contributed by atoms with Gasteiger partial charge in [0.15, 0.2) is 0 Å². The van der Waals surface area contributed by atoms with Crippen LogP contribution >= 0.6 is 11.6 Å². The maximum Gasteiger partial charge on any atom is 0.148 e. The molecule has 3 nitrogen and oxygen atoms in total. The van der Waals surface area contributed by atoms with E-state index >= 15 is 0 Å². The molecule has 4 heteroatoms. The second kappa shape index (κ2) is 7.24. The molecule has 0 aliphatic heterocycles. The number of nitrogens with zero attached hydrogens (tertiary/aromatic N) is 1. The molecule has 1 N–H and O–H groups in total. The van der Waals surface area contributed by atoms with Gasteiger partial charge in [-0.25, -0.2) is 0 Å². The second-order valence-corrected chi connectivity index (χ2v) is 4.69. The summed E-state index contributed by atoms with van der Waals surface area (Å²) in [6.45, 7) is 0.730. The molecule has 0 spiro atoms. The summed E-state index contributed by atoms with van der Waals surface area (Å²) in [4.78, 5) is 0. The van der Waals surface area contributed by atoms with Gasteiger partial charge < -0.3 is 10.1 Å². The highest BCUT2D eigenvalue weighted by Crippen LogP contribution is 2.23. The monoisotopic (exact) mass is 296 g/mol. The van der Waals surface area contributed by atoms with Crippen LogP contribution in [0.1, 0.15) is 11.1 Å². The van der Waals surface area contributed by atoms with E-state index in [0.717, 1.165) is 11.3 Å². The number of para-hydroxylation sites is 1. The third-order valence-corrected chi connectivity index (χ3v) is 3.09. The van der Waals surface area contributed by atoms with Gasteiger partial charge in [0, 0.05) is 17.1 Å². The zero-order valence-corrected chi connectivity index (χ0v) is 12.0. The first-order valence-corrected chi connectivity index (χ1v) is 6.70. The summed E-state index contributed by atoms with van der Waals surface area (Å²) >= 11 is 5.96. The van der Waals surface area contributed by atoms with Crippen LogP contribution in [0.3, 0.4) is 0 Å². The molecule has 2 aromatic carbocycles. The van der Waals surface area contributed by atoms with Crippen LogP contribution in [0, 0.1) is 23.7 Å². The maximum absolute atomic E-state index is 9.10. The molecule has 0 aromatic heterocycles. The van der Waals surface area contributed by atoms with E-state index in [2.05, 4.69) is 17.3 Å². The van der Waals surface area contributed by atoms with Gasteiger partial charge >= 0.3 is 0 Å². The molecular formula is C17H13ClN2O. The van der Waals surface area contributed by atoms with Crippen molar-refractivity contribution in [2.75, 3.05) is 11.9 Å². The van der Waals surface area contributed by atoms with E-state index in [4.69, 9.17) is 28.0 Å². The smallest absolute Gasteiger partial charge is 0.148 e. The number of ether oxygens (including phenoxy) is 1. The summed E-state index contributed by atoms with van der Waals surface area (Å²) in [6, 6.07) is 14.8. The molecule has 21 heavy (non-hydrogen) atoms. The predicted octanol–water partition coefficient (Wildman–Crippen LogP) is 3.84. The van der Waals surface area contributed by atoms with Crippen molar-refractivity contribution in [2.24, 2.45) is 0 Å². The summed E-state index contributed by atoms with van der Waals surface area (Å²) < 4.78 is 5.49.